The van der Waals surface area contributed by atoms with Crippen molar-refractivity contribution in [3.63, 3.8) is 0 Å². The Bertz CT molecular complexity index is 323. The molecule has 0 fully saturated rings. The van der Waals surface area contributed by atoms with E-state index in [9.17, 15) is 5.11 Å². The van der Waals surface area contributed by atoms with Crippen molar-refractivity contribution in [3.8, 4) is 0 Å². The minimum absolute atomic E-state index is 0.318. The van der Waals surface area contributed by atoms with Crippen LogP contribution in [-0.4, -0.2) is 5.11 Å². The van der Waals surface area contributed by atoms with Crippen LogP contribution < -0.4 is 0 Å². The van der Waals surface area contributed by atoms with E-state index in [1.54, 1.807) is 0 Å². The Balaban J connectivity index is 2.90. The van der Waals surface area contributed by atoms with E-state index in [1.165, 1.54) is 0 Å². The van der Waals surface area contributed by atoms with Crippen LogP contribution in [0.1, 0.15) is 38.4 Å². The first-order chi connectivity index (χ1) is 7.10. The van der Waals surface area contributed by atoms with Crippen LogP contribution in [0.4, 0.5) is 0 Å². The molecule has 1 unspecified atom stereocenters. The molecule has 0 spiro atoms. The Morgan fingerprint density at radius 2 is 1.93 bits per heavy atom. The molecule has 0 radical (unpaired) electrons. The minimum atomic E-state index is -0.395. The third-order valence-electron chi connectivity index (χ3n) is 2.78. The third-order valence-corrected chi connectivity index (χ3v) is 3.99. The topological polar surface area (TPSA) is 20.2 Å². The van der Waals surface area contributed by atoms with E-state index in [2.05, 4.69) is 29.8 Å². The van der Waals surface area contributed by atoms with E-state index in [-0.39, 0.29) is 0 Å². The summed E-state index contributed by atoms with van der Waals surface area (Å²) >= 11 is 9.27. The molecule has 84 valence electrons. The van der Waals surface area contributed by atoms with Crippen LogP contribution in [0.5, 0.6) is 0 Å². The highest BCUT2D eigenvalue weighted by Crippen LogP contribution is 2.31. The molecule has 1 aromatic carbocycles. The fourth-order valence-electron chi connectivity index (χ4n) is 1.70. The molecule has 3 heteroatoms. The lowest BCUT2D eigenvalue weighted by molar-refractivity contribution is 0.103. The lowest BCUT2D eigenvalue weighted by Crippen LogP contribution is -2.10. The molecule has 0 aliphatic rings. The van der Waals surface area contributed by atoms with Gasteiger partial charge in [0.25, 0.3) is 0 Å². The molecule has 0 amide bonds. The summed E-state index contributed by atoms with van der Waals surface area (Å²) in [5.74, 6) is 0.318. The van der Waals surface area contributed by atoms with Crippen LogP contribution in [0.15, 0.2) is 22.7 Å². The highest BCUT2D eigenvalue weighted by molar-refractivity contribution is 9.10. The molecule has 1 aromatic rings. The van der Waals surface area contributed by atoms with Gasteiger partial charge in [0.15, 0.2) is 0 Å². The first kappa shape index (κ1) is 13.0. The van der Waals surface area contributed by atoms with Gasteiger partial charge < -0.3 is 5.11 Å². The van der Waals surface area contributed by atoms with Gasteiger partial charge in [0.05, 0.1) is 11.1 Å². The molecule has 1 N–H and O–H groups in total. The molecule has 0 aliphatic carbocycles. The van der Waals surface area contributed by atoms with E-state index < -0.39 is 6.10 Å². The standard InChI is InChI=1S/C12H16BrClO/c1-3-8(4-2)12(15)9-5-6-11(14)10(13)7-9/h5-8,12,15H,3-4H2,1-2H3. The van der Waals surface area contributed by atoms with Crippen LogP contribution in [0.3, 0.4) is 0 Å². The Hall–Kier alpha value is -0.0500. The van der Waals surface area contributed by atoms with Gasteiger partial charge in [-0.3, -0.25) is 0 Å². The summed E-state index contributed by atoms with van der Waals surface area (Å²) in [6.07, 6.45) is 1.57. The van der Waals surface area contributed by atoms with Gasteiger partial charge in [-0.2, -0.15) is 0 Å². The average molecular weight is 292 g/mol. The van der Waals surface area contributed by atoms with Gasteiger partial charge in [-0.05, 0) is 39.5 Å². The van der Waals surface area contributed by atoms with Crippen LogP contribution in [0, 0.1) is 5.92 Å². The number of benzene rings is 1. The van der Waals surface area contributed by atoms with Gasteiger partial charge >= 0.3 is 0 Å². The van der Waals surface area contributed by atoms with Gasteiger partial charge in [0.2, 0.25) is 0 Å². The summed E-state index contributed by atoms with van der Waals surface area (Å²) in [7, 11) is 0. The van der Waals surface area contributed by atoms with Gasteiger partial charge in [-0.15, -0.1) is 0 Å². The lowest BCUT2D eigenvalue weighted by atomic mass is 9.91. The molecule has 0 bridgehead atoms. The largest absolute Gasteiger partial charge is 0.388 e. The molecule has 0 aromatic heterocycles. The normalized spacial score (nSPS) is 13.2. The van der Waals surface area contributed by atoms with E-state index in [0.717, 1.165) is 22.9 Å². The SMILES string of the molecule is CCC(CC)C(O)c1ccc(Cl)c(Br)c1. The van der Waals surface area contributed by atoms with Crippen molar-refractivity contribution in [2.24, 2.45) is 5.92 Å². The van der Waals surface area contributed by atoms with Crippen molar-refractivity contribution in [3.05, 3.63) is 33.3 Å². The smallest absolute Gasteiger partial charge is 0.0818 e. The van der Waals surface area contributed by atoms with E-state index >= 15 is 0 Å². The fourth-order valence-corrected chi connectivity index (χ4v) is 2.22. The molecule has 0 aliphatic heterocycles. The van der Waals surface area contributed by atoms with Gasteiger partial charge in [-0.1, -0.05) is 44.4 Å². The molecule has 1 rings (SSSR count). The summed E-state index contributed by atoms with van der Waals surface area (Å²) in [4.78, 5) is 0. The molecule has 15 heavy (non-hydrogen) atoms. The molecular weight excluding hydrogens is 275 g/mol. The minimum Gasteiger partial charge on any atom is -0.388 e. The van der Waals surface area contributed by atoms with Crippen molar-refractivity contribution in [1.82, 2.24) is 0 Å². The van der Waals surface area contributed by atoms with E-state index in [4.69, 9.17) is 11.6 Å². The maximum atomic E-state index is 10.1. The Morgan fingerprint density at radius 3 is 2.40 bits per heavy atom. The summed E-state index contributed by atoms with van der Waals surface area (Å²) in [6, 6.07) is 5.59. The quantitative estimate of drug-likeness (QED) is 0.861. The zero-order valence-electron chi connectivity index (χ0n) is 9.00. The molecular formula is C12H16BrClO. The van der Waals surface area contributed by atoms with Crippen molar-refractivity contribution in [2.75, 3.05) is 0 Å². The van der Waals surface area contributed by atoms with Crippen LogP contribution in [0.2, 0.25) is 5.02 Å². The lowest BCUT2D eigenvalue weighted by Gasteiger charge is -2.20. The Kier molecular flexibility index (Phi) is 5.10. The first-order valence-electron chi connectivity index (χ1n) is 5.23. The number of rotatable bonds is 4. The van der Waals surface area contributed by atoms with Gasteiger partial charge in [0.1, 0.15) is 0 Å². The van der Waals surface area contributed by atoms with Crippen molar-refractivity contribution in [2.45, 2.75) is 32.8 Å². The predicted octanol–water partition coefficient (Wildman–Crippen LogP) is 4.57. The highest BCUT2D eigenvalue weighted by atomic mass is 79.9. The number of hydrogen-bond donors (Lipinski definition) is 1. The summed E-state index contributed by atoms with van der Waals surface area (Å²) in [6.45, 7) is 4.20. The van der Waals surface area contributed by atoms with Crippen LogP contribution >= 0.6 is 27.5 Å². The van der Waals surface area contributed by atoms with Crippen LogP contribution in [-0.2, 0) is 0 Å². The maximum absolute atomic E-state index is 10.1. The summed E-state index contributed by atoms with van der Waals surface area (Å²) in [5.41, 5.74) is 0.931. The van der Waals surface area contributed by atoms with Crippen LogP contribution in [0.25, 0.3) is 0 Å². The molecule has 0 saturated carbocycles. The van der Waals surface area contributed by atoms with Gasteiger partial charge in [-0.25, -0.2) is 0 Å². The number of hydrogen-bond acceptors (Lipinski definition) is 1. The highest BCUT2D eigenvalue weighted by Gasteiger charge is 2.17. The van der Waals surface area contributed by atoms with Crippen molar-refractivity contribution >= 4 is 27.5 Å². The summed E-state index contributed by atoms with van der Waals surface area (Å²) < 4.78 is 0.840. The van der Waals surface area contributed by atoms with Gasteiger partial charge in [0, 0.05) is 4.47 Å². The number of aliphatic hydroxyl groups is 1. The molecule has 0 saturated heterocycles. The fraction of sp³-hybridized carbons (Fsp3) is 0.500. The Morgan fingerprint density at radius 1 is 1.33 bits per heavy atom. The Labute approximate surface area is 105 Å². The van der Waals surface area contributed by atoms with E-state index in [0.29, 0.717) is 10.9 Å². The first-order valence-corrected chi connectivity index (χ1v) is 6.40. The second kappa shape index (κ2) is 5.88. The number of aliphatic hydroxyl groups excluding tert-OH is 1. The zero-order valence-corrected chi connectivity index (χ0v) is 11.3. The molecule has 0 heterocycles. The molecule has 1 atom stereocenters. The number of halogens is 2. The monoisotopic (exact) mass is 290 g/mol. The zero-order chi connectivity index (χ0) is 11.4. The van der Waals surface area contributed by atoms with E-state index in [1.807, 2.05) is 18.2 Å². The summed E-state index contributed by atoms with van der Waals surface area (Å²) in [5, 5.41) is 10.8. The van der Waals surface area contributed by atoms with Crippen molar-refractivity contribution in [1.29, 1.82) is 0 Å². The second-order valence-corrected chi connectivity index (χ2v) is 4.96. The second-order valence-electron chi connectivity index (χ2n) is 3.69. The third kappa shape index (κ3) is 3.20. The predicted molar refractivity (Wildman–Crippen MR) is 68.2 cm³/mol. The average Bonchev–Trinajstić information content (AvgIpc) is 2.23. The maximum Gasteiger partial charge on any atom is 0.0818 e. The van der Waals surface area contributed by atoms with Crippen molar-refractivity contribution < 1.29 is 5.11 Å². The molecule has 1 nitrogen and oxygen atoms in total.